The van der Waals surface area contributed by atoms with Crippen molar-refractivity contribution in [2.24, 2.45) is 7.05 Å². The molecule has 0 atom stereocenters. The summed E-state index contributed by atoms with van der Waals surface area (Å²) >= 11 is 0. The lowest BCUT2D eigenvalue weighted by Gasteiger charge is -2.03. The smallest absolute Gasteiger partial charge is 0.408 e. The molecule has 0 saturated carbocycles. The predicted molar refractivity (Wildman–Crippen MR) is 68.3 cm³/mol. The van der Waals surface area contributed by atoms with Crippen molar-refractivity contribution in [3.8, 4) is 6.07 Å². The van der Waals surface area contributed by atoms with Gasteiger partial charge in [-0.2, -0.15) is 5.26 Å². The zero-order valence-electron chi connectivity index (χ0n) is 10.3. The fourth-order valence-electron chi connectivity index (χ4n) is 1.83. The Hall–Kier alpha value is -2.06. The summed E-state index contributed by atoms with van der Waals surface area (Å²) in [7, 11) is 1.70. The Morgan fingerprint density at radius 1 is 1.44 bits per heavy atom. The first-order valence-electron chi connectivity index (χ1n) is 5.88. The highest BCUT2D eigenvalue weighted by molar-refractivity contribution is 5.73. The zero-order valence-corrected chi connectivity index (χ0v) is 10.3. The minimum atomic E-state index is -0.339. The maximum atomic E-state index is 11.3. The van der Waals surface area contributed by atoms with E-state index in [-0.39, 0.29) is 5.76 Å². The van der Waals surface area contributed by atoms with Crippen LogP contribution in [0.1, 0.15) is 12.0 Å². The van der Waals surface area contributed by atoms with Gasteiger partial charge in [-0.3, -0.25) is 4.57 Å². The minimum Gasteiger partial charge on any atom is -0.408 e. The van der Waals surface area contributed by atoms with Crippen LogP contribution in [0.3, 0.4) is 0 Å². The number of hydrogen-bond donors (Lipinski definition) is 1. The number of hydrogen-bond acceptors (Lipinski definition) is 4. The van der Waals surface area contributed by atoms with Crippen molar-refractivity contribution in [3.63, 3.8) is 0 Å². The lowest BCUT2D eigenvalue weighted by atomic mass is 10.1. The van der Waals surface area contributed by atoms with E-state index in [1.54, 1.807) is 7.05 Å². The highest BCUT2D eigenvalue weighted by Crippen LogP contribution is 2.14. The van der Waals surface area contributed by atoms with Crippen molar-refractivity contribution in [1.29, 1.82) is 5.26 Å². The summed E-state index contributed by atoms with van der Waals surface area (Å²) in [6, 6.07) is 7.83. The molecule has 0 unspecified atom stereocenters. The molecule has 1 aromatic heterocycles. The molecule has 0 aliphatic rings. The van der Waals surface area contributed by atoms with E-state index in [2.05, 4.69) is 11.4 Å². The summed E-state index contributed by atoms with van der Waals surface area (Å²) < 4.78 is 6.57. The van der Waals surface area contributed by atoms with E-state index in [9.17, 15) is 4.79 Å². The van der Waals surface area contributed by atoms with E-state index in [0.29, 0.717) is 18.5 Å². The topological polar surface area (TPSA) is 71.0 Å². The van der Waals surface area contributed by atoms with E-state index >= 15 is 0 Å². The van der Waals surface area contributed by atoms with Gasteiger partial charge in [-0.05, 0) is 30.7 Å². The van der Waals surface area contributed by atoms with Crippen LogP contribution < -0.4 is 11.1 Å². The van der Waals surface area contributed by atoms with Gasteiger partial charge in [-0.15, -0.1) is 0 Å². The summed E-state index contributed by atoms with van der Waals surface area (Å²) in [5.74, 6) is -0.339. The number of nitrogens with zero attached hydrogens (tertiary/aromatic N) is 2. The number of benzene rings is 1. The molecule has 0 amide bonds. The molecule has 2 rings (SSSR count). The fourth-order valence-corrected chi connectivity index (χ4v) is 1.83. The second-order valence-corrected chi connectivity index (χ2v) is 4.14. The van der Waals surface area contributed by atoms with Crippen LogP contribution in [-0.4, -0.2) is 17.7 Å². The monoisotopic (exact) mass is 245 g/mol. The zero-order chi connectivity index (χ0) is 13.0. The van der Waals surface area contributed by atoms with Crippen molar-refractivity contribution in [3.05, 3.63) is 34.3 Å². The summed E-state index contributed by atoms with van der Waals surface area (Å²) in [4.78, 5) is 11.3. The average molecular weight is 245 g/mol. The molecule has 94 valence electrons. The first-order chi connectivity index (χ1) is 8.72. The lowest BCUT2D eigenvalue weighted by molar-refractivity contribution is 0.528. The average Bonchev–Trinajstić information content (AvgIpc) is 2.65. The lowest BCUT2D eigenvalue weighted by Crippen LogP contribution is -2.18. The van der Waals surface area contributed by atoms with Gasteiger partial charge in [0.25, 0.3) is 0 Å². The van der Waals surface area contributed by atoms with Gasteiger partial charge in [-0.1, -0.05) is 6.07 Å². The van der Waals surface area contributed by atoms with Gasteiger partial charge in [-0.25, -0.2) is 4.79 Å². The van der Waals surface area contributed by atoms with Crippen molar-refractivity contribution in [1.82, 2.24) is 9.88 Å². The number of nitriles is 1. The second-order valence-electron chi connectivity index (χ2n) is 4.14. The van der Waals surface area contributed by atoms with E-state index in [1.807, 2.05) is 18.2 Å². The highest BCUT2D eigenvalue weighted by Gasteiger charge is 2.05. The SMILES string of the molecule is Cn1c(=O)oc2ccc(CCNCCC#N)cc21. The molecule has 5 heteroatoms. The van der Waals surface area contributed by atoms with Gasteiger partial charge in [0, 0.05) is 20.0 Å². The first kappa shape index (κ1) is 12.4. The van der Waals surface area contributed by atoms with E-state index < -0.39 is 0 Å². The molecular weight excluding hydrogens is 230 g/mol. The molecule has 0 aliphatic carbocycles. The summed E-state index contributed by atoms with van der Waals surface area (Å²) in [6.45, 7) is 1.53. The molecule has 0 aliphatic heterocycles. The predicted octanol–water partition coefficient (Wildman–Crippen LogP) is 1.18. The van der Waals surface area contributed by atoms with Crippen molar-refractivity contribution < 1.29 is 4.42 Å². The van der Waals surface area contributed by atoms with E-state index in [4.69, 9.17) is 9.68 Å². The van der Waals surface area contributed by atoms with Crippen LogP contribution in [-0.2, 0) is 13.5 Å². The van der Waals surface area contributed by atoms with Crippen LogP contribution in [0.15, 0.2) is 27.4 Å². The standard InChI is InChI=1S/C13H15N3O2/c1-16-11-9-10(5-8-15-7-2-6-14)3-4-12(11)18-13(16)17/h3-4,9,15H,2,5,7-8H2,1H3. The molecule has 0 saturated heterocycles. The number of oxazole rings is 1. The third-order valence-corrected chi connectivity index (χ3v) is 2.86. The third-order valence-electron chi connectivity index (χ3n) is 2.86. The van der Waals surface area contributed by atoms with Crippen LogP contribution >= 0.6 is 0 Å². The second kappa shape index (κ2) is 5.52. The molecule has 5 nitrogen and oxygen atoms in total. The summed E-state index contributed by atoms with van der Waals surface area (Å²) in [5, 5.41) is 11.6. The molecule has 18 heavy (non-hydrogen) atoms. The Labute approximate surface area is 105 Å². The summed E-state index contributed by atoms with van der Waals surface area (Å²) in [5.41, 5.74) is 2.57. The van der Waals surface area contributed by atoms with Crippen molar-refractivity contribution >= 4 is 11.1 Å². The number of aromatic nitrogens is 1. The number of rotatable bonds is 5. The van der Waals surface area contributed by atoms with Crippen LogP contribution in [0.4, 0.5) is 0 Å². The van der Waals surface area contributed by atoms with Crippen LogP contribution in [0.2, 0.25) is 0 Å². The van der Waals surface area contributed by atoms with Crippen molar-refractivity contribution in [2.75, 3.05) is 13.1 Å². The normalized spacial score (nSPS) is 10.7. The van der Waals surface area contributed by atoms with Crippen LogP contribution in [0.5, 0.6) is 0 Å². The van der Waals surface area contributed by atoms with E-state index in [1.165, 1.54) is 4.57 Å². The third kappa shape index (κ3) is 2.60. The van der Waals surface area contributed by atoms with Gasteiger partial charge in [0.05, 0.1) is 11.6 Å². The maximum absolute atomic E-state index is 11.3. The molecule has 1 heterocycles. The summed E-state index contributed by atoms with van der Waals surface area (Å²) in [6.07, 6.45) is 1.38. The maximum Gasteiger partial charge on any atom is 0.419 e. The Morgan fingerprint density at radius 3 is 3.06 bits per heavy atom. The van der Waals surface area contributed by atoms with Crippen LogP contribution in [0, 0.1) is 11.3 Å². The van der Waals surface area contributed by atoms with Gasteiger partial charge >= 0.3 is 5.76 Å². The van der Waals surface area contributed by atoms with Gasteiger partial charge in [0.1, 0.15) is 0 Å². The highest BCUT2D eigenvalue weighted by atomic mass is 16.4. The largest absolute Gasteiger partial charge is 0.419 e. The van der Waals surface area contributed by atoms with Gasteiger partial charge in [0.15, 0.2) is 5.58 Å². The molecular formula is C13H15N3O2. The number of aryl methyl sites for hydroxylation is 1. The number of nitrogens with one attached hydrogen (secondary N) is 1. The Morgan fingerprint density at radius 2 is 2.28 bits per heavy atom. The molecule has 0 radical (unpaired) electrons. The Balaban J connectivity index is 2.04. The molecule has 1 aromatic carbocycles. The molecule has 0 fully saturated rings. The molecule has 1 N–H and O–H groups in total. The van der Waals surface area contributed by atoms with Gasteiger partial charge < -0.3 is 9.73 Å². The minimum absolute atomic E-state index is 0.339. The Bertz CT molecular complexity index is 634. The first-order valence-corrected chi connectivity index (χ1v) is 5.88. The molecule has 2 aromatic rings. The van der Waals surface area contributed by atoms with E-state index in [0.717, 1.165) is 24.0 Å². The van der Waals surface area contributed by atoms with Crippen molar-refractivity contribution in [2.45, 2.75) is 12.8 Å². The fraction of sp³-hybridized carbons (Fsp3) is 0.385. The quantitative estimate of drug-likeness (QED) is 0.803. The van der Waals surface area contributed by atoms with Gasteiger partial charge in [0.2, 0.25) is 0 Å². The number of fused-ring (bicyclic) bond motifs is 1. The van der Waals surface area contributed by atoms with Crippen LogP contribution in [0.25, 0.3) is 11.1 Å². The Kier molecular flexibility index (Phi) is 3.80. The molecule has 0 bridgehead atoms. The molecule has 0 spiro atoms.